The fourth-order valence-corrected chi connectivity index (χ4v) is 2.83. The van der Waals surface area contributed by atoms with E-state index in [0.29, 0.717) is 19.0 Å². The van der Waals surface area contributed by atoms with Gasteiger partial charge < -0.3 is 15.2 Å². The molecule has 3 N–H and O–H groups in total. The molecular formula is C17H26N6O2S. The summed E-state index contributed by atoms with van der Waals surface area (Å²) >= 11 is 0. The van der Waals surface area contributed by atoms with E-state index in [1.165, 1.54) is 0 Å². The number of aromatic nitrogens is 2. The van der Waals surface area contributed by atoms with E-state index in [1.807, 2.05) is 55.4 Å². The molecule has 0 aliphatic heterocycles. The molecule has 8 nitrogen and oxygen atoms in total. The molecule has 0 spiro atoms. The first-order chi connectivity index (χ1) is 12.4. The highest BCUT2D eigenvalue weighted by molar-refractivity contribution is 7.88. The Labute approximate surface area is 154 Å². The molecule has 0 radical (unpaired) electrons. The van der Waals surface area contributed by atoms with Crippen molar-refractivity contribution in [1.82, 2.24) is 24.9 Å². The summed E-state index contributed by atoms with van der Waals surface area (Å²) in [4.78, 5) is 14.1. The number of imidazole rings is 1. The summed E-state index contributed by atoms with van der Waals surface area (Å²) in [5.74, 6) is 1.52. The monoisotopic (exact) mass is 378 g/mol. The lowest BCUT2D eigenvalue weighted by atomic mass is 10.2. The second-order valence-corrected chi connectivity index (χ2v) is 7.70. The van der Waals surface area contributed by atoms with Gasteiger partial charge in [-0.2, -0.15) is 0 Å². The zero-order valence-corrected chi connectivity index (χ0v) is 16.2. The first kappa shape index (κ1) is 19.9. The molecular weight excluding hydrogens is 352 g/mol. The van der Waals surface area contributed by atoms with Crippen molar-refractivity contribution in [3.05, 3.63) is 42.4 Å². The molecule has 1 aromatic heterocycles. The smallest absolute Gasteiger partial charge is 0.208 e. The third-order valence-electron chi connectivity index (χ3n) is 3.53. The summed E-state index contributed by atoms with van der Waals surface area (Å²) in [5.41, 5.74) is 2.05. The number of benzene rings is 1. The minimum atomic E-state index is -3.20. The van der Waals surface area contributed by atoms with Crippen LogP contribution in [-0.4, -0.2) is 62.2 Å². The lowest BCUT2D eigenvalue weighted by Gasteiger charge is -2.21. The van der Waals surface area contributed by atoms with Crippen molar-refractivity contribution < 1.29 is 8.42 Å². The van der Waals surface area contributed by atoms with Crippen LogP contribution in [0.2, 0.25) is 0 Å². The Kier molecular flexibility index (Phi) is 7.16. The van der Waals surface area contributed by atoms with Gasteiger partial charge in [0.1, 0.15) is 5.82 Å². The summed E-state index contributed by atoms with van der Waals surface area (Å²) in [6, 6.07) is 10.0. The average Bonchev–Trinajstić information content (AvgIpc) is 3.06. The number of rotatable bonds is 8. The van der Waals surface area contributed by atoms with Crippen LogP contribution in [0.15, 0.2) is 41.5 Å². The molecule has 0 fully saturated rings. The van der Waals surface area contributed by atoms with E-state index >= 15 is 0 Å². The number of sulfonamides is 1. The van der Waals surface area contributed by atoms with Crippen LogP contribution in [0, 0.1) is 0 Å². The van der Waals surface area contributed by atoms with Gasteiger partial charge in [0.2, 0.25) is 10.0 Å². The van der Waals surface area contributed by atoms with Crippen LogP contribution >= 0.6 is 0 Å². The minimum absolute atomic E-state index is 0.264. The van der Waals surface area contributed by atoms with Crippen molar-refractivity contribution in [2.45, 2.75) is 13.5 Å². The van der Waals surface area contributed by atoms with Crippen molar-refractivity contribution in [2.75, 3.05) is 32.9 Å². The molecule has 26 heavy (non-hydrogen) atoms. The highest BCUT2D eigenvalue weighted by atomic mass is 32.2. The fraction of sp³-hybridized carbons (Fsp3) is 0.412. The van der Waals surface area contributed by atoms with Gasteiger partial charge in [-0.3, -0.25) is 4.99 Å². The molecule has 9 heteroatoms. The Hall–Kier alpha value is -2.39. The van der Waals surface area contributed by atoms with Gasteiger partial charge in [-0.25, -0.2) is 18.1 Å². The van der Waals surface area contributed by atoms with Crippen LogP contribution in [0.5, 0.6) is 0 Å². The van der Waals surface area contributed by atoms with Gasteiger partial charge in [-0.05, 0) is 12.5 Å². The van der Waals surface area contributed by atoms with Gasteiger partial charge in [-0.15, -0.1) is 0 Å². The Morgan fingerprint density at radius 3 is 2.69 bits per heavy atom. The molecule has 0 unspecified atom stereocenters. The molecule has 2 rings (SSSR count). The van der Waals surface area contributed by atoms with Crippen molar-refractivity contribution >= 4 is 16.0 Å². The van der Waals surface area contributed by atoms with Crippen LogP contribution in [0.25, 0.3) is 11.3 Å². The van der Waals surface area contributed by atoms with E-state index in [4.69, 9.17) is 0 Å². The lowest BCUT2D eigenvalue weighted by molar-refractivity contribution is 0.464. The van der Waals surface area contributed by atoms with Crippen molar-refractivity contribution in [2.24, 2.45) is 4.99 Å². The van der Waals surface area contributed by atoms with E-state index < -0.39 is 10.0 Å². The standard InChI is InChI=1S/C17H26N6O2S/c1-4-18-17(19-10-11-21-26(3,24)25)23(2)13-16-20-12-15(22-16)14-8-6-5-7-9-14/h5-9,12,21H,4,10-11,13H2,1-3H3,(H,18,19)(H,20,22). The van der Waals surface area contributed by atoms with Crippen molar-refractivity contribution in [3.63, 3.8) is 0 Å². The largest absolute Gasteiger partial charge is 0.357 e. The second-order valence-electron chi connectivity index (χ2n) is 5.87. The molecule has 0 amide bonds. The Balaban J connectivity index is 1.98. The first-order valence-electron chi connectivity index (χ1n) is 8.42. The number of nitrogens with one attached hydrogen (secondary N) is 3. The fourth-order valence-electron chi connectivity index (χ4n) is 2.37. The second kappa shape index (κ2) is 9.35. The molecule has 2 aromatic rings. The number of hydrogen-bond donors (Lipinski definition) is 3. The van der Waals surface area contributed by atoms with Gasteiger partial charge in [0.15, 0.2) is 5.96 Å². The third kappa shape index (κ3) is 6.49. The zero-order chi connectivity index (χ0) is 19.0. The molecule has 0 saturated carbocycles. The average molecular weight is 379 g/mol. The number of H-pyrrole nitrogens is 1. The summed E-state index contributed by atoms with van der Waals surface area (Å²) in [6.45, 7) is 3.88. The highest BCUT2D eigenvalue weighted by Gasteiger charge is 2.10. The molecule has 1 heterocycles. The number of hydrogen-bond acceptors (Lipinski definition) is 4. The van der Waals surface area contributed by atoms with Crippen LogP contribution in [0.1, 0.15) is 12.7 Å². The Bertz CT molecular complexity index is 817. The number of guanidine groups is 1. The van der Waals surface area contributed by atoms with Gasteiger partial charge >= 0.3 is 0 Å². The number of aromatic amines is 1. The summed E-state index contributed by atoms with van der Waals surface area (Å²) in [6.07, 6.45) is 2.95. The molecule has 0 aliphatic carbocycles. The van der Waals surface area contributed by atoms with E-state index in [0.717, 1.165) is 29.9 Å². The van der Waals surface area contributed by atoms with Crippen molar-refractivity contribution in [3.8, 4) is 11.3 Å². The normalized spacial score (nSPS) is 12.2. The quantitative estimate of drug-likeness (QED) is 0.362. The summed E-state index contributed by atoms with van der Waals surface area (Å²) in [7, 11) is -1.28. The molecule has 0 saturated heterocycles. The van der Waals surface area contributed by atoms with Crippen molar-refractivity contribution in [1.29, 1.82) is 0 Å². The van der Waals surface area contributed by atoms with Gasteiger partial charge in [0.05, 0.1) is 31.2 Å². The zero-order valence-electron chi connectivity index (χ0n) is 15.4. The molecule has 0 bridgehead atoms. The SMILES string of the molecule is CCNC(=NCCNS(C)(=O)=O)N(C)Cc1ncc(-c2ccccc2)[nH]1. The molecule has 1 aromatic carbocycles. The maximum absolute atomic E-state index is 11.1. The molecule has 0 atom stereocenters. The van der Waals surface area contributed by atoms with Crippen LogP contribution in [0.3, 0.4) is 0 Å². The van der Waals surface area contributed by atoms with E-state index in [2.05, 4.69) is 25.0 Å². The Morgan fingerprint density at radius 1 is 1.31 bits per heavy atom. The van der Waals surface area contributed by atoms with Crippen LogP contribution in [0.4, 0.5) is 0 Å². The van der Waals surface area contributed by atoms with Gasteiger partial charge in [0, 0.05) is 20.1 Å². The van der Waals surface area contributed by atoms with E-state index in [1.54, 1.807) is 0 Å². The van der Waals surface area contributed by atoms with Crippen LogP contribution < -0.4 is 10.0 Å². The van der Waals surface area contributed by atoms with Crippen LogP contribution in [-0.2, 0) is 16.6 Å². The maximum atomic E-state index is 11.1. The Morgan fingerprint density at radius 2 is 2.04 bits per heavy atom. The first-order valence-corrected chi connectivity index (χ1v) is 10.3. The van der Waals surface area contributed by atoms with E-state index in [9.17, 15) is 8.42 Å². The van der Waals surface area contributed by atoms with Gasteiger partial charge in [-0.1, -0.05) is 30.3 Å². The summed E-state index contributed by atoms with van der Waals surface area (Å²) in [5, 5.41) is 3.20. The maximum Gasteiger partial charge on any atom is 0.208 e. The topological polar surface area (TPSA) is 102 Å². The lowest BCUT2D eigenvalue weighted by Crippen LogP contribution is -2.39. The molecule has 142 valence electrons. The summed E-state index contributed by atoms with van der Waals surface area (Å²) < 4.78 is 24.6. The number of nitrogens with zero attached hydrogens (tertiary/aromatic N) is 3. The predicted octanol–water partition coefficient (Wildman–Crippen LogP) is 1.02. The number of aliphatic imine (C=N–C) groups is 1. The highest BCUT2D eigenvalue weighted by Crippen LogP contribution is 2.16. The van der Waals surface area contributed by atoms with Gasteiger partial charge in [0.25, 0.3) is 0 Å². The molecule has 0 aliphatic rings. The predicted molar refractivity (Wildman–Crippen MR) is 104 cm³/mol. The van der Waals surface area contributed by atoms with E-state index in [-0.39, 0.29) is 6.54 Å². The third-order valence-corrected chi connectivity index (χ3v) is 4.26. The minimum Gasteiger partial charge on any atom is -0.357 e.